The highest BCUT2D eigenvalue weighted by atomic mass is 16.2. The van der Waals surface area contributed by atoms with E-state index in [4.69, 9.17) is 0 Å². The number of amides is 1. The third-order valence-electron chi connectivity index (χ3n) is 4.35. The van der Waals surface area contributed by atoms with E-state index in [0.717, 1.165) is 17.7 Å². The summed E-state index contributed by atoms with van der Waals surface area (Å²) in [4.78, 5) is 26.7. The zero-order valence-electron chi connectivity index (χ0n) is 13.7. The maximum Gasteiger partial charge on any atom is 0.267 e. The van der Waals surface area contributed by atoms with Crippen molar-refractivity contribution in [1.29, 1.82) is 0 Å². The Morgan fingerprint density at radius 1 is 1.20 bits per heavy atom. The molecular formula is C18H17N5O2. The Kier molecular flexibility index (Phi) is 3.68. The minimum atomic E-state index is -0.315. The molecule has 0 saturated heterocycles. The second-order valence-electron chi connectivity index (χ2n) is 6.08. The van der Waals surface area contributed by atoms with Gasteiger partial charge in [-0.05, 0) is 37.1 Å². The Balaban J connectivity index is 1.63. The van der Waals surface area contributed by atoms with Crippen LogP contribution in [0.1, 0.15) is 12.5 Å². The number of fused-ring (bicyclic) bond motifs is 1. The fourth-order valence-corrected chi connectivity index (χ4v) is 3.23. The lowest BCUT2D eigenvalue weighted by Gasteiger charge is -2.22. The molecular weight excluding hydrogens is 318 g/mol. The molecule has 0 unspecified atom stereocenters. The van der Waals surface area contributed by atoms with Crippen molar-refractivity contribution >= 4 is 11.6 Å². The summed E-state index contributed by atoms with van der Waals surface area (Å²) in [5.41, 5.74) is 1.75. The molecule has 2 aromatic heterocycles. The van der Waals surface area contributed by atoms with E-state index in [0.29, 0.717) is 5.82 Å². The highest BCUT2D eigenvalue weighted by Crippen LogP contribution is 2.31. The average molecular weight is 335 g/mol. The number of rotatable bonds is 3. The number of aromatic nitrogens is 4. The van der Waals surface area contributed by atoms with Crippen molar-refractivity contribution in [3.63, 3.8) is 0 Å². The van der Waals surface area contributed by atoms with Gasteiger partial charge in [0.1, 0.15) is 6.54 Å². The summed E-state index contributed by atoms with van der Waals surface area (Å²) in [6.45, 7) is 1.90. The molecule has 3 heterocycles. The number of anilines is 1. The van der Waals surface area contributed by atoms with E-state index in [9.17, 15) is 9.59 Å². The summed E-state index contributed by atoms with van der Waals surface area (Å²) in [5.74, 6) is 0.344. The van der Waals surface area contributed by atoms with Crippen LogP contribution in [0, 0.1) is 0 Å². The van der Waals surface area contributed by atoms with Crippen molar-refractivity contribution in [3.05, 3.63) is 70.8 Å². The molecule has 0 saturated carbocycles. The zero-order valence-corrected chi connectivity index (χ0v) is 13.7. The van der Waals surface area contributed by atoms with E-state index < -0.39 is 0 Å². The van der Waals surface area contributed by atoms with Gasteiger partial charge in [-0.2, -0.15) is 5.10 Å². The predicted octanol–water partition coefficient (Wildman–Crippen LogP) is 1.41. The number of nitrogens with zero attached hydrogens (tertiary/aromatic N) is 5. The van der Waals surface area contributed by atoms with Gasteiger partial charge in [-0.3, -0.25) is 9.59 Å². The number of hydrogen-bond donors (Lipinski definition) is 0. The maximum absolute atomic E-state index is 12.8. The minimum absolute atomic E-state index is 0.0647. The number of hydrogen-bond acceptors (Lipinski definition) is 4. The monoisotopic (exact) mass is 335 g/mol. The second kappa shape index (κ2) is 6.01. The first-order chi connectivity index (χ1) is 12.1. The number of para-hydroxylation sites is 1. The van der Waals surface area contributed by atoms with Crippen LogP contribution >= 0.6 is 0 Å². The predicted molar refractivity (Wildman–Crippen MR) is 92.7 cm³/mol. The Morgan fingerprint density at radius 3 is 2.84 bits per heavy atom. The Bertz CT molecular complexity index is 977. The van der Waals surface area contributed by atoms with Gasteiger partial charge in [0, 0.05) is 30.2 Å². The summed E-state index contributed by atoms with van der Waals surface area (Å²) in [7, 11) is 0. The molecule has 0 radical (unpaired) electrons. The maximum atomic E-state index is 12.8. The molecule has 25 heavy (non-hydrogen) atoms. The fourth-order valence-electron chi connectivity index (χ4n) is 3.23. The molecule has 0 fully saturated rings. The second-order valence-corrected chi connectivity index (χ2v) is 6.08. The van der Waals surface area contributed by atoms with Crippen LogP contribution in [0.5, 0.6) is 0 Å². The van der Waals surface area contributed by atoms with Gasteiger partial charge in [-0.25, -0.2) is 9.36 Å². The highest BCUT2D eigenvalue weighted by Gasteiger charge is 2.30. The smallest absolute Gasteiger partial charge is 0.267 e. The van der Waals surface area contributed by atoms with Gasteiger partial charge in [0.25, 0.3) is 5.56 Å². The Labute approximate surface area is 144 Å². The zero-order chi connectivity index (χ0) is 17.4. The fraction of sp³-hybridized carbons (Fsp3) is 0.222. The molecule has 0 aliphatic carbocycles. The van der Waals surface area contributed by atoms with E-state index in [1.165, 1.54) is 10.7 Å². The van der Waals surface area contributed by atoms with Gasteiger partial charge in [-0.1, -0.05) is 18.2 Å². The summed E-state index contributed by atoms with van der Waals surface area (Å²) in [6.07, 6.45) is 4.18. The molecule has 3 aromatic rings. The third kappa shape index (κ3) is 2.73. The van der Waals surface area contributed by atoms with Crippen LogP contribution in [0.25, 0.3) is 5.82 Å². The van der Waals surface area contributed by atoms with E-state index in [-0.39, 0.29) is 24.1 Å². The van der Waals surface area contributed by atoms with Crippen LogP contribution < -0.4 is 10.5 Å². The minimum Gasteiger partial charge on any atom is -0.307 e. The molecule has 7 nitrogen and oxygen atoms in total. The summed E-state index contributed by atoms with van der Waals surface area (Å²) in [6, 6.07) is 12.7. The van der Waals surface area contributed by atoms with Crippen molar-refractivity contribution < 1.29 is 4.79 Å². The third-order valence-corrected chi connectivity index (χ3v) is 4.35. The molecule has 126 valence electrons. The van der Waals surface area contributed by atoms with Gasteiger partial charge in [-0.15, -0.1) is 5.10 Å². The normalized spacial score (nSPS) is 16.0. The molecule has 1 amide bonds. The molecule has 0 bridgehead atoms. The number of carbonyl (C=O) groups excluding carboxylic acids is 1. The molecule has 0 spiro atoms. The Morgan fingerprint density at radius 2 is 2.04 bits per heavy atom. The van der Waals surface area contributed by atoms with Crippen LogP contribution in [0.2, 0.25) is 0 Å². The van der Waals surface area contributed by atoms with E-state index >= 15 is 0 Å². The van der Waals surface area contributed by atoms with Crippen LogP contribution in [0.4, 0.5) is 5.69 Å². The van der Waals surface area contributed by atoms with Gasteiger partial charge < -0.3 is 4.90 Å². The first-order valence-electron chi connectivity index (χ1n) is 8.11. The van der Waals surface area contributed by atoms with E-state index in [1.807, 2.05) is 31.2 Å². The summed E-state index contributed by atoms with van der Waals surface area (Å²) >= 11 is 0. The van der Waals surface area contributed by atoms with Crippen molar-refractivity contribution in [2.24, 2.45) is 0 Å². The van der Waals surface area contributed by atoms with Gasteiger partial charge >= 0.3 is 0 Å². The molecule has 0 N–H and O–H groups in total. The molecule has 1 atom stereocenters. The van der Waals surface area contributed by atoms with Crippen LogP contribution in [0.3, 0.4) is 0 Å². The lowest BCUT2D eigenvalue weighted by molar-refractivity contribution is -0.119. The summed E-state index contributed by atoms with van der Waals surface area (Å²) < 4.78 is 2.74. The van der Waals surface area contributed by atoms with E-state index in [2.05, 4.69) is 10.2 Å². The van der Waals surface area contributed by atoms with Crippen LogP contribution in [-0.4, -0.2) is 31.5 Å². The van der Waals surface area contributed by atoms with Crippen molar-refractivity contribution in [2.45, 2.75) is 25.9 Å². The lowest BCUT2D eigenvalue weighted by Crippen LogP contribution is -2.40. The quantitative estimate of drug-likeness (QED) is 0.725. The van der Waals surface area contributed by atoms with Gasteiger partial charge in [0.15, 0.2) is 5.82 Å². The lowest BCUT2D eigenvalue weighted by atomic mass is 10.1. The molecule has 4 rings (SSSR count). The SMILES string of the molecule is C[C@@H]1Cc2ccccc2N1C(=O)Cn1nc(-n2cccn2)ccc1=O. The molecule has 1 aliphatic rings. The first kappa shape index (κ1) is 15.3. The number of benzene rings is 1. The van der Waals surface area contributed by atoms with Crippen molar-refractivity contribution in [2.75, 3.05) is 4.90 Å². The molecule has 1 aliphatic heterocycles. The van der Waals surface area contributed by atoms with Crippen molar-refractivity contribution in [3.8, 4) is 5.82 Å². The van der Waals surface area contributed by atoms with Crippen LogP contribution in [0.15, 0.2) is 59.7 Å². The molecule has 1 aromatic carbocycles. The van der Waals surface area contributed by atoms with Crippen LogP contribution in [-0.2, 0) is 17.8 Å². The Hall–Kier alpha value is -3.22. The molecule has 7 heteroatoms. The van der Waals surface area contributed by atoms with Crippen molar-refractivity contribution in [1.82, 2.24) is 19.6 Å². The first-order valence-corrected chi connectivity index (χ1v) is 8.11. The van der Waals surface area contributed by atoms with Gasteiger partial charge in [0.2, 0.25) is 5.91 Å². The highest BCUT2D eigenvalue weighted by molar-refractivity contribution is 5.96. The summed E-state index contributed by atoms with van der Waals surface area (Å²) in [5, 5.41) is 8.36. The topological polar surface area (TPSA) is 73.0 Å². The standard InChI is InChI=1S/C18H17N5O2/c1-13-11-14-5-2-3-6-15(14)23(13)18(25)12-22-17(24)8-7-16(20-22)21-10-4-9-19-21/h2-10,13H,11-12H2,1H3/t13-/m1/s1. The largest absolute Gasteiger partial charge is 0.307 e. The average Bonchev–Trinajstić information content (AvgIpc) is 3.23. The van der Waals surface area contributed by atoms with E-state index in [1.54, 1.807) is 34.1 Å². The number of carbonyl (C=O) groups is 1. The van der Waals surface area contributed by atoms with Gasteiger partial charge in [0.05, 0.1) is 0 Å².